The summed E-state index contributed by atoms with van der Waals surface area (Å²) < 4.78 is 5.42. The first kappa shape index (κ1) is 19.6. The summed E-state index contributed by atoms with van der Waals surface area (Å²) in [4.78, 5) is 14.2. The Morgan fingerprint density at radius 3 is 2.78 bits per heavy atom. The van der Waals surface area contributed by atoms with Crippen molar-refractivity contribution < 1.29 is 9.53 Å². The van der Waals surface area contributed by atoms with Crippen LogP contribution in [0.15, 0.2) is 24.3 Å². The van der Waals surface area contributed by atoms with Crippen LogP contribution in [0, 0.1) is 11.8 Å². The van der Waals surface area contributed by atoms with Crippen LogP contribution in [0.3, 0.4) is 0 Å². The number of carbonyl (C=O) groups is 1. The number of ether oxygens (including phenoxy) is 1. The Hall–Kier alpha value is -1.46. The molecule has 2 rings (SSSR count). The third-order valence-electron chi connectivity index (χ3n) is 4.30. The molecule has 1 aromatic rings. The molecule has 6 heteroatoms. The second kappa shape index (κ2) is 8.99. The molecule has 0 radical (unpaired) electrons. The molecule has 1 saturated heterocycles. The van der Waals surface area contributed by atoms with Gasteiger partial charge in [-0.1, -0.05) is 26.0 Å². The van der Waals surface area contributed by atoms with E-state index in [4.69, 9.17) is 10.5 Å². The molecule has 1 unspecified atom stereocenters. The Labute approximate surface area is 145 Å². The van der Waals surface area contributed by atoms with Gasteiger partial charge in [-0.05, 0) is 30.4 Å². The van der Waals surface area contributed by atoms with Crippen LogP contribution in [0.4, 0.5) is 5.69 Å². The number of benzene rings is 1. The number of nitrogens with one attached hydrogen (secondary N) is 1. The lowest BCUT2D eigenvalue weighted by molar-refractivity contribution is -0.123. The predicted octanol–water partition coefficient (Wildman–Crippen LogP) is 2.04. The van der Waals surface area contributed by atoms with Crippen molar-refractivity contribution in [3.8, 4) is 5.75 Å². The van der Waals surface area contributed by atoms with E-state index in [1.54, 1.807) is 7.11 Å². The zero-order valence-electron chi connectivity index (χ0n) is 14.1. The molecule has 3 N–H and O–H groups in total. The number of carbonyl (C=O) groups excluding carboxylic acids is 1. The normalized spacial score (nSPS) is 18.5. The maximum Gasteiger partial charge on any atom is 0.237 e. The van der Waals surface area contributed by atoms with Crippen LogP contribution in [-0.4, -0.2) is 38.7 Å². The smallest absolute Gasteiger partial charge is 0.237 e. The van der Waals surface area contributed by atoms with Crippen LogP contribution in [0.25, 0.3) is 0 Å². The highest BCUT2D eigenvalue weighted by molar-refractivity contribution is 5.85. The van der Waals surface area contributed by atoms with Crippen molar-refractivity contribution >= 4 is 24.0 Å². The fraction of sp³-hybridized carbons (Fsp3) is 0.588. The monoisotopic (exact) mass is 341 g/mol. The van der Waals surface area contributed by atoms with Crippen molar-refractivity contribution in [2.24, 2.45) is 17.6 Å². The first-order valence-corrected chi connectivity index (χ1v) is 7.94. The van der Waals surface area contributed by atoms with Gasteiger partial charge < -0.3 is 20.7 Å². The predicted molar refractivity (Wildman–Crippen MR) is 96.4 cm³/mol. The second-order valence-corrected chi connectivity index (χ2v) is 6.29. The van der Waals surface area contributed by atoms with Gasteiger partial charge in [0, 0.05) is 19.6 Å². The van der Waals surface area contributed by atoms with E-state index in [9.17, 15) is 4.79 Å². The number of methoxy groups -OCH3 is 1. The molecular formula is C17H28ClN3O2. The summed E-state index contributed by atoms with van der Waals surface area (Å²) in [6.07, 6.45) is 1.06. The molecule has 5 nitrogen and oxygen atoms in total. The van der Waals surface area contributed by atoms with E-state index in [1.165, 1.54) is 0 Å². The maximum absolute atomic E-state index is 11.9. The van der Waals surface area contributed by atoms with Gasteiger partial charge >= 0.3 is 0 Å². The van der Waals surface area contributed by atoms with Gasteiger partial charge in [-0.3, -0.25) is 4.79 Å². The van der Waals surface area contributed by atoms with Crippen molar-refractivity contribution in [2.75, 3.05) is 31.6 Å². The van der Waals surface area contributed by atoms with Crippen molar-refractivity contribution in [3.05, 3.63) is 24.3 Å². The summed E-state index contributed by atoms with van der Waals surface area (Å²) in [7, 11) is 1.69. The highest BCUT2D eigenvalue weighted by Gasteiger charge is 2.26. The third kappa shape index (κ3) is 5.01. The minimum absolute atomic E-state index is 0. The largest absolute Gasteiger partial charge is 0.495 e. The number of nitrogens with zero attached hydrogens (tertiary/aromatic N) is 1. The first-order valence-electron chi connectivity index (χ1n) is 7.94. The van der Waals surface area contributed by atoms with Gasteiger partial charge in [-0.2, -0.15) is 0 Å². The number of amides is 1. The fourth-order valence-electron chi connectivity index (χ4n) is 2.77. The number of rotatable bonds is 6. The van der Waals surface area contributed by atoms with Crippen LogP contribution in [0.1, 0.15) is 20.3 Å². The molecule has 1 amide bonds. The van der Waals surface area contributed by atoms with E-state index in [0.717, 1.165) is 30.9 Å². The molecule has 2 atom stereocenters. The van der Waals surface area contributed by atoms with Crippen LogP contribution < -0.4 is 20.7 Å². The number of hydrogen-bond donors (Lipinski definition) is 2. The zero-order valence-corrected chi connectivity index (χ0v) is 14.9. The molecule has 0 spiro atoms. The van der Waals surface area contributed by atoms with Gasteiger partial charge in [0.05, 0.1) is 18.8 Å². The van der Waals surface area contributed by atoms with Gasteiger partial charge in [-0.25, -0.2) is 0 Å². The molecule has 23 heavy (non-hydrogen) atoms. The number of halogens is 1. The number of para-hydroxylation sites is 2. The first-order chi connectivity index (χ1) is 10.5. The van der Waals surface area contributed by atoms with Crippen LogP contribution in [0.5, 0.6) is 5.75 Å². The van der Waals surface area contributed by atoms with E-state index in [1.807, 2.05) is 32.0 Å². The summed E-state index contributed by atoms with van der Waals surface area (Å²) in [5, 5.41) is 2.98. The summed E-state index contributed by atoms with van der Waals surface area (Å²) in [5.74, 6) is 1.46. The van der Waals surface area contributed by atoms with E-state index in [2.05, 4.69) is 16.3 Å². The number of anilines is 1. The van der Waals surface area contributed by atoms with Crippen LogP contribution in [0.2, 0.25) is 0 Å². The van der Waals surface area contributed by atoms with Crippen molar-refractivity contribution in [2.45, 2.75) is 26.3 Å². The molecular weight excluding hydrogens is 314 g/mol. The van der Waals surface area contributed by atoms with Gasteiger partial charge in [-0.15, -0.1) is 12.4 Å². The maximum atomic E-state index is 11.9. The molecule has 1 fully saturated rings. The Balaban J connectivity index is 0.00000264. The average molecular weight is 342 g/mol. The van der Waals surface area contributed by atoms with Gasteiger partial charge in [0.2, 0.25) is 5.91 Å². The van der Waals surface area contributed by atoms with Crippen LogP contribution in [-0.2, 0) is 4.79 Å². The summed E-state index contributed by atoms with van der Waals surface area (Å²) in [6.45, 7) is 6.52. The molecule has 1 aliphatic heterocycles. The van der Waals surface area contributed by atoms with E-state index >= 15 is 0 Å². The lowest BCUT2D eigenvalue weighted by Gasteiger charge is -2.21. The van der Waals surface area contributed by atoms with Crippen molar-refractivity contribution in [3.63, 3.8) is 0 Å². The SMILES string of the molecule is COc1ccccc1N1CCC(CNC(=O)[C@@H](N)C(C)C)C1.Cl. The van der Waals surface area contributed by atoms with Crippen LogP contribution >= 0.6 is 12.4 Å². The van der Waals surface area contributed by atoms with Gasteiger partial charge in [0.25, 0.3) is 0 Å². The Kier molecular flexibility index (Phi) is 7.65. The van der Waals surface area contributed by atoms with Gasteiger partial charge in [0.1, 0.15) is 5.75 Å². The minimum Gasteiger partial charge on any atom is -0.495 e. The molecule has 0 saturated carbocycles. The lowest BCUT2D eigenvalue weighted by Crippen LogP contribution is -2.45. The Morgan fingerprint density at radius 2 is 2.13 bits per heavy atom. The zero-order chi connectivity index (χ0) is 16.1. The molecule has 0 aromatic heterocycles. The quantitative estimate of drug-likeness (QED) is 0.831. The highest BCUT2D eigenvalue weighted by Crippen LogP contribution is 2.31. The van der Waals surface area contributed by atoms with E-state index in [0.29, 0.717) is 12.5 Å². The second-order valence-electron chi connectivity index (χ2n) is 6.29. The summed E-state index contributed by atoms with van der Waals surface area (Å²) >= 11 is 0. The minimum atomic E-state index is -0.424. The Morgan fingerprint density at radius 1 is 1.43 bits per heavy atom. The van der Waals surface area contributed by atoms with Gasteiger partial charge in [0.15, 0.2) is 0 Å². The van der Waals surface area contributed by atoms with Crippen molar-refractivity contribution in [1.82, 2.24) is 5.32 Å². The third-order valence-corrected chi connectivity index (χ3v) is 4.30. The molecule has 1 heterocycles. The topological polar surface area (TPSA) is 67.6 Å². The van der Waals surface area contributed by atoms with E-state index < -0.39 is 6.04 Å². The lowest BCUT2D eigenvalue weighted by atomic mass is 10.0. The molecule has 0 bridgehead atoms. The number of hydrogen-bond acceptors (Lipinski definition) is 4. The molecule has 1 aliphatic rings. The summed E-state index contributed by atoms with van der Waals surface area (Å²) in [6, 6.07) is 7.63. The van der Waals surface area contributed by atoms with E-state index in [-0.39, 0.29) is 24.2 Å². The molecule has 0 aliphatic carbocycles. The number of nitrogens with two attached hydrogens (primary N) is 1. The fourth-order valence-corrected chi connectivity index (χ4v) is 2.77. The molecule has 130 valence electrons. The molecule has 1 aromatic carbocycles. The van der Waals surface area contributed by atoms with Crippen molar-refractivity contribution in [1.29, 1.82) is 0 Å². The average Bonchev–Trinajstić information content (AvgIpc) is 3.00. The Bertz CT molecular complexity index is 510. The highest BCUT2D eigenvalue weighted by atomic mass is 35.5. The standard InChI is InChI=1S/C17H27N3O2.ClH/c1-12(2)16(18)17(21)19-10-13-8-9-20(11-13)14-6-4-5-7-15(14)22-3;/h4-7,12-13,16H,8-11,18H2,1-3H3,(H,19,21);1H/t13?,16-;/m0./s1. The summed E-state index contributed by atoms with van der Waals surface area (Å²) in [5.41, 5.74) is 6.98.